The number of pyridine rings is 1. The maximum Gasteiger partial charge on any atom is 0.417 e. The molecule has 8 heteroatoms. The first kappa shape index (κ1) is 18.0. The van der Waals surface area contributed by atoms with Crippen molar-refractivity contribution in [2.45, 2.75) is 63.2 Å². The summed E-state index contributed by atoms with van der Waals surface area (Å²) in [7, 11) is 0. The Morgan fingerprint density at radius 3 is 2.56 bits per heavy atom. The Kier molecular flexibility index (Phi) is 4.65. The monoisotopic (exact) mass is 378 g/mol. The lowest BCUT2D eigenvalue weighted by Gasteiger charge is -2.30. The minimum atomic E-state index is -4.38. The van der Waals surface area contributed by atoms with Crippen molar-refractivity contribution < 1.29 is 13.2 Å². The molecule has 0 saturated heterocycles. The number of nitrogens with zero attached hydrogens (tertiary/aromatic N) is 3. The van der Waals surface area contributed by atoms with Crippen molar-refractivity contribution in [3.05, 3.63) is 51.6 Å². The SMILES string of the molecule is O=c1cc2c(nn1C1CCC(Nc3ccc(C(F)(F)F)cn3)CC1)CCC2. The van der Waals surface area contributed by atoms with E-state index in [9.17, 15) is 18.0 Å². The van der Waals surface area contributed by atoms with Crippen molar-refractivity contribution in [1.82, 2.24) is 14.8 Å². The van der Waals surface area contributed by atoms with Gasteiger partial charge in [0, 0.05) is 18.3 Å². The summed E-state index contributed by atoms with van der Waals surface area (Å²) in [4.78, 5) is 16.2. The number of nitrogens with one attached hydrogen (secondary N) is 1. The highest BCUT2D eigenvalue weighted by Crippen LogP contribution is 2.31. The summed E-state index contributed by atoms with van der Waals surface area (Å²) >= 11 is 0. The van der Waals surface area contributed by atoms with Gasteiger partial charge in [-0.05, 0) is 62.6 Å². The Morgan fingerprint density at radius 1 is 1.11 bits per heavy atom. The number of rotatable bonds is 3. The van der Waals surface area contributed by atoms with Gasteiger partial charge >= 0.3 is 6.18 Å². The minimum Gasteiger partial charge on any atom is -0.367 e. The standard InChI is InChI=1S/C19H21F3N4O/c20-19(21,22)13-4-9-17(23-11-13)24-14-5-7-15(8-6-14)26-18(27)10-12-2-1-3-16(12)25-26/h4,9-11,14-15H,1-3,5-8H2,(H,23,24). The molecule has 5 nitrogen and oxygen atoms in total. The Bertz CT molecular complexity index is 868. The predicted molar refractivity (Wildman–Crippen MR) is 94.7 cm³/mol. The highest BCUT2D eigenvalue weighted by atomic mass is 19.4. The second-order valence-electron chi connectivity index (χ2n) is 7.33. The van der Waals surface area contributed by atoms with Gasteiger partial charge in [0.05, 0.1) is 17.3 Å². The maximum absolute atomic E-state index is 12.6. The molecule has 0 unspecified atom stereocenters. The zero-order chi connectivity index (χ0) is 19.0. The van der Waals surface area contributed by atoms with Gasteiger partial charge in [0.15, 0.2) is 0 Å². The minimum absolute atomic E-state index is 0.0311. The van der Waals surface area contributed by atoms with Crippen LogP contribution in [0.2, 0.25) is 0 Å². The largest absolute Gasteiger partial charge is 0.417 e. The third-order valence-electron chi connectivity index (χ3n) is 5.47. The number of aryl methyl sites for hydroxylation is 2. The van der Waals surface area contributed by atoms with Crippen molar-refractivity contribution in [2.75, 3.05) is 5.32 Å². The molecule has 144 valence electrons. The van der Waals surface area contributed by atoms with Gasteiger partial charge in [-0.3, -0.25) is 4.79 Å². The van der Waals surface area contributed by atoms with Crippen molar-refractivity contribution in [1.29, 1.82) is 0 Å². The number of hydrogen-bond donors (Lipinski definition) is 1. The van der Waals surface area contributed by atoms with Crippen LogP contribution in [0.5, 0.6) is 0 Å². The normalized spacial score (nSPS) is 22.5. The third-order valence-corrected chi connectivity index (χ3v) is 5.47. The van der Waals surface area contributed by atoms with Gasteiger partial charge in [-0.1, -0.05) is 0 Å². The average molecular weight is 378 g/mol. The molecular weight excluding hydrogens is 357 g/mol. The van der Waals surface area contributed by atoms with Gasteiger partial charge in [0.25, 0.3) is 5.56 Å². The van der Waals surface area contributed by atoms with Crippen LogP contribution >= 0.6 is 0 Å². The Hall–Kier alpha value is -2.38. The first-order valence-electron chi connectivity index (χ1n) is 9.31. The van der Waals surface area contributed by atoms with E-state index in [1.54, 1.807) is 10.7 Å². The Balaban J connectivity index is 1.37. The van der Waals surface area contributed by atoms with E-state index in [0.717, 1.165) is 68.5 Å². The lowest BCUT2D eigenvalue weighted by Crippen LogP contribution is -2.34. The smallest absolute Gasteiger partial charge is 0.367 e. The Labute approximate surface area is 154 Å². The Morgan fingerprint density at radius 2 is 1.89 bits per heavy atom. The molecule has 0 aromatic carbocycles. The molecule has 27 heavy (non-hydrogen) atoms. The zero-order valence-electron chi connectivity index (χ0n) is 14.8. The first-order valence-corrected chi connectivity index (χ1v) is 9.31. The van der Waals surface area contributed by atoms with Crippen LogP contribution in [0.15, 0.2) is 29.2 Å². The molecule has 2 aromatic rings. The van der Waals surface area contributed by atoms with E-state index in [1.807, 2.05) is 0 Å². The van der Waals surface area contributed by atoms with Crippen molar-refractivity contribution in [3.63, 3.8) is 0 Å². The van der Waals surface area contributed by atoms with Crippen LogP contribution in [0.25, 0.3) is 0 Å². The second kappa shape index (κ2) is 6.98. The van der Waals surface area contributed by atoms with Crippen LogP contribution in [-0.4, -0.2) is 20.8 Å². The highest BCUT2D eigenvalue weighted by molar-refractivity contribution is 5.37. The molecule has 2 aromatic heterocycles. The number of anilines is 1. The molecule has 0 aliphatic heterocycles. The predicted octanol–water partition coefficient (Wildman–Crippen LogP) is 3.74. The van der Waals surface area contributed by atoms with Crippen molar-refractivity contribution >= 4 is 5.82 Å². The van der Waals surface area contributed by atoms with Gasteiger partial charge in [-0.2, -0.15) is 18.3 Å². The summed E-state index contributed by atoms with van der Waals surface area (Å²) in [5.74, 6) is 0.444. The highest BCUT2D eigenvalue weighted by Gasteiger charge is 2.31. The van der Waals surface area contributed by atoms with Crippen LogP contribution in [0.3, 0.4) is 0 Å². The number of aromatic nitrogens is 3. The van der Waals surface area contributed by atoms with Crippen molar-refractivity contribution in [3.8, 4) is 0 Å². The molecule has 0 atom stereocenters. The molecule has 2 heterocycles. The summed E-state index contributed by atoms with van der Waals surface area (Å²) in [5, 5.41) is 7.78. The van der Waals surface area contributed by atoms with E-state index in [-0.39, 0.29) is 17.6 Å². The van der Waals surface area contributed by atoms with Gasteiger partial charge < -0.3 is 5.32 Å². The molecule has 2 aliphatic carbocycles. The number of hydrogen-bond acceptors (Lipinski definition) is 4. The molecule has 0 spiro atoms. The molecule has 2 aliphatic rings. The number of halogens is 3. The van der Waals surface area contributed by atoms with E-state index < -0.39 is 11.7 Å². The molecule has 1 saturated carbocycles. The van der Waals surface area contributed by atoms with Gasteiger partial charge in [0.1, 0.15) is 5.82 Å². The summed E-state index contributed by atoms with van der Waals surface area (Å²) in [6.07, 6.45) is 2.66. The second-order valence-corrected chi connectivity index (χ2v) is 7.33. The van der Waals surface area contributed by atoms with Crippen LogP contribution < -0.4 is 10.9 Å². The molecule has 0 radical (unpaired) electrons. The number of alkyl halides is 3. The molecule has 1 fully saturated rings. The summed E-state index contributed by atoms with van der Waals surface area (Å²) < 4.78 is 39.4. The van der Waals surface area contributed by atoms with E-state index in [4.69, 9.17) is 0 Å². The quantitative estimate of drug-likeness (QED) is 0.884. The average Bonchev–Trinajstić information content (AvgIpc) is 3.09. The fourth-order valence-electron chi connectivity index (χ4n) is 4.00. The first-order chi connectivity index (χ1) is 12.9. The summed E-state index contributed by atoms with van der Waals surface area (Å²) in [6.45, 7) is 0. The fraction of sp³-hybridized carbons (Fsp3) is 0.526. The van der Waals surface area contributed by atoms with E-state index in [1.165, 1.54) is 6.07 Å². The maximum atomic E-state index is 12.6. The summed E-state index contributed by atoms with van der Waals surface area (Å²) in [6, 6.07) is 4.35. The molecule has 0 bridgehead atoms. The number of fused-ring (bicyclic) bond motifs is 1. The topological polar surface area (TPSA) is 59.8 Å². The molecular formula is C19H21F3N4O. The zero-order valence-corrected chi connectivity index (χ0v) is 14.8. The van der Waals surface area contributed by atoms with E-state index >= 15 is 0 Å². The van der Waals surface area contributed by atoms with Gasteiger partial charge in [-0.25, -0.2) is 9.67 Å². The lowest BCUT2D eigenvalue weighted by molar-refractivity contribution is -0.137. The van der Waals surface area contributed by atoms with Crippen molar-refractivity contribution in [2.24, 2.45) is 0 Å². The molecule has 4 rings (SSSR count). The lowest BCUT2D eigenvalue weighted by atomic mass is 9.91. The van der Waals surface area contributed by atoms with E-state index in [0.29, 0.717) is 5.82 Å². The van der Waals surface area contributed by atoms with Gasteiger partial charge in [-0.15, -0.1) is 0 Å². The fourth-order valence-corrected chi connectivity index (χ4v) is 4.00. The third kappa shape index (κ3) is 3.84. The van der Waals surface area contributed by atoms with E-state index in [2.05, 4.69) is 15.4 Å². The van der Waals surface area contributed by atoms with Crippen LogP contribution in [0.1, 0.15) is 55.0 Å². The summed E-state index contributed by atoms with van der Waals surface area (Å²) in [5.41, 5.74) is 1.35. The molecule has 1 N–H and O–H groups in total. The van der Waals surface area contributed by atoms with Gasteiger partial charge in [0.2, 0.25) is 0 Å². The van der Waals surface area contributed by atoms with Crippen LogP contribution in [0, 0.1) is 0 Å². The molecule has 0 amide bonds. The van der Waals surface area contributed by atoms with Crippen LogP contribution in [0.4, 0.5) is 19.0 Å². The van der Waals surface area contributed by atoms with Crippen LogP contribution in [-0.2, 0) is 19.0 Å².